The SMILES string of the molecule is CCn1nc(C)c(N)c1NCCCC1CCCC1. The smallest absolute Gasteiger partial charge is 0.148 e. The van der Waals surface area contributed by atoms with Crippen LogP contribution in [0.5, 0.6) is 0 Å². The molecule has 1 aliphatic carbocycles. The van der Waals surface area contributed by atoms with Gasteiger partial charge in [-0.15, -0.1) is 0 Å². The van der Waals surface area contributed by atoms with Crippen molar-refractivity contribution in [3.05, 3.63) is 5.69 Å². The fourth-order valence-electron chi connectivity index (χ4n) is 2.91. The van der Waals surface area contributed by atoms with E-state index in [2.05, 4.69) is 17.3 Å². The largest absolute Gasteiger partial charge is 0.394 e. The fraction of sp³-hybridized carbons (Fsp3) is 0.786. The van der Waals surface area contributed by atoms with Crippen LogP contribution in [0, 0.1) is 12.8 Å². The van der Waals surface area contributed by atoms with Crippen LogP contribution >= 0.6 is 0 Å². The molecule has 3 N–H and O–H groups in total. The maximum atomic E-state index is 6.04. The van der Waals surface area contributed by atoms with Gasteiger partial charge >= 0.3 is 0 Å². The van der Waals surface area contributed by atoms with Gasteiger partial charge in [0.05, 0.1) is 11.4 Å². The van der Waals surface area contributed by atoms with Gasteiger partial charge in [-0.25, -0.2) is 4.68 Å². The molecule has 18 heavy (non-hydrogen) atoms. The number of nitrogens with two attached hydrogens (primary N) is 1. The van der Waals surface area contributed by atoms with Gasteiger partial charge in [0.15, 0.2) is 0 Å². The number of aromatic nitrogens is 2. The maximum absolute atomic E-state index is 6.04. The molecule has 0 unspecified atom stereocenters. The maximum Gasteiger partial charge on any atom is 0.148 e. The average Bonchev–Trinajstić information content (AvgIpc) is 2.96. The summed E-state index contributed by atoms with van der Waals surface area (Å²) in [4.78, 5) is 0. The summed E-state index contributed by atoms with van der Waals surface area (Å²) in [6.45, 7) is 5.93. The number of hydrogen-bond acceptors (Lipinski definition) is 3. The van der Waals surface area contributed by atoms with Crippen molar-refractivity contribution in [3.63, 3.8) is 0 Å². The Morgan fingerprint density at radius 3 is 2.78 bits per heavy atom. The Balaban J connectivity index is 1.78. The van der Waals surface area contributed by atoms with Crippen LogP contribution in [-0.4, -0.2) is 16.3 Å². The third kappa shape index (κ3) is 2.98. The van der Waals surface area contributed by atoms with Crippen molar-refractivity contribution in [2.75, 3.05) is 17.6 Å². The first kappa shape index (κ1) is 13.2. The Morgan fingerprint density at radius 2 is 2.11 bits per heavy atom. The third-order valence-corrected chi connectivity index (χ3v) is 4.03. The molecule has 0 aromatic carbocycles. The summed E-state index contributed by atoms with van der Waals surface area (Å²) in [6, 6.07) is 0. The molecule has 1 aromatic heterocycles. The summed E-state index contributed by atoms with van der Waals surface area (Å²) in [5.41, 5.74) is 7.77. The van der Waals surface area contributed by atoms with Gasteiger partial charge in [0.1, 0.15) is 5.82 Å². The van der Waals surface area contributed by atoms with E-state index in [-0.39, 0.29) is 0 Å². The van der Waals surface area contributed by atoms with Gasteiger partial charge in [0, 0.05) is 13.1 Å². The average molecular weight is 250 g/mol. The Kier molecular flexibility index (Phi) is 4.50. The summed E-state index contributed by atoms with van der Waals surface area (Å²) in [6.07, 6.45) is 8.34. The zero-order chi connectivity index (χ0) is 13.0. The molecular formula is C14H26N4. The van der Waals surface area contributed by atoms with Crippen molar-refractivity contribution >= 4 is 11.5 Å². The minimum Gasteiger partial charge on any atom is -0.394 e. The van der Waals surface area contributed by atoms with E-state index in [9.17, 15) is 0 Å². The fourth-order valence-corrected chi connectivity index (χ4v) is 2.91. The first-order chi connectivity index (χ1) is 8.72. The summed E-state index contributed by atoms with van der Waals surface area (Å²) in [5.74, 6) is 1.98. The van der Waals surface area contributed by atoms with E-state index in [1.165, 1.54) is 38.5 Å². The zero-order valence-electron chi connectivity index (χ0n) is 11.7. The monoisotopic (exact) mass is 250 g/mol. The topological polar surface area (TPSA) is 55.9 Å². The molecule has 0 atom stereocenters. The normalized spacial score (nSPS) is 16.3. The number of nitrogens with zero attached hydrogens (tertiary/aromatic N) is 2. The highest BCUT2D eigenvalue weighted by atomic mass is 15.3. The minimum atomic E-state index is 0.803. The second-order valence-electron chi connectivity index (χ2n) is 5.38. The Labute approximate surface area is 110 Å². The second kappa shape index (κ2) is 6.12. The van der Waals surface area contributed by atoms with E-state index in [4.69, 9.17) is 5.73 Å². The number of rotatable bonds is 6. The summed E-state index contributed by atoms with van der Waals surface area (Å²) in [7, 11) is 0. The molecule has 1 saturated carbocycles. The van der Waals surface area contributed by atoms with Gasteiger partial charge in [-0.1, -0.05) is 25.7 Å². The molecule has 1 aromatic rings. The predicted molar refractivity (Wildman–Crippen MR) is 76.7 cm³/mol. The molecule has 1 fully saturated rings. The molecule has 1 aliphatic rings. The molecule has 4 heteroatoms. The van der Waals surface area contributed by atoms with Crippen molar-refractivity contribution in [3.8, 4) is 0 Å². The molecule has 0 radical (unpaired) electrons. The molecule has 0 aliphatic heterocycles. The van der Waals surface area contributed by atoms with Crippen molar-refractivity contribution < 1.29 is 0 Å². The van der Waals surface area contributed by atoms with Gasteiger partial charge in [-0.05, 0) is 32.6 Å². The van der Waals surface area contributed by atoms with Crippen LogP contribution in [0.15, 0.2) is 0 Å². The van der Waals surface area contributed by atoms with E-state index >= 15 is 0 Å². The standard InChI is InChI=1S/C14H26N4/c1-3-18-14(13(15)11(2)17-18)16-10-6-9-12-7-4-5-8-12/h12,16H,3-10,15H2,1-2H3. The van der Waals surface area contributed by atoms with Gasteiger partial charge in [-0.3, -0.25) is 0 Å². The highest BCUT2D eigenvalue weighted by molar-refractivity contribution is 5.64. The van der Waals surface area contributed by atoms with Crippen molar-refractivity contribution in [2.24, 2.45) is 5.92 Å². The zero-order valence-corrected chi connectivity index (χ0v) is 11.7. The number of hydrogen-bond donors (Lipinski definition) is 2. The Hall–Kier alpha value is -1.19. The third-order valence-electron chi connectivity index (χ3n) is 4.03. The lowest BCUT2D eigenvalue weighted by molar-refractivity contribution is 0.490. The molecule has 4 nitrogen and oxygen atoms in total. The predicted octanol–water partition coefficient (Wildman–Crippen LogP) is 3.18. The highest BCUT2D eigenvalue weighted by Crippen LogP contribution is 2.28. The van der Waals surface area contributed by atoms with Crippen LogP contribution in [-0.2, 0) is 6.54 Å². The molecule has 1 heterocycles. The Morgan fingerprint density at radius 1 is 1.39 bits per heavy atom. The van der Waals surface area contributed by atoms with E-state index < -0.39 is 0 Å². The molecule has 0 bridgehead atoms. The lowest BCUT2D eigenvalue weighted by atomic mass is 10.0. The minimum absolute atomic E-state index is 0.803. The van der Waals surface area contributed by atoms with Crippen LogP contribution in [0.25, 0.3) is 0 Å². The second-order valence-corrected chi connectivity index (χ2v) is 5.38. The van der Waals surface area contributed by atoms with E-state index in [0.717, 1.165) is 36.2 Å². The Bertz CT molecular complexity index is 377. The number of nitrogen functional groups attached to an aromatic ring is 1. The molecule has 0 amide bonds. The molecule has 0 saturated heterocycles. The van der Waals surface area contributed by atoms with Crippen LogP contribution in [0.2, 0.25) is 0 Å². The first-order valence-electron chi connectivity index (χ1n) is 7.29. The van der Waals surface area contributed by atoms with Crippen LogP contribution in [0.1, 0.15) is 51.1 Å². The molecule has 0 spiro atoms. The van der Waals surface area contributed by atoms with Crippen LogP contribution < -0.4 is 11.1 Å². The number of nitrogens with one attached hydrogen (secondary N) is 1. The number of aryl methyl sites for hydroxylation is 2. The van der Waals surface area contributed by atoms with E-state index in [0.29, 0.717) is 0 Å². The summed E-state index contributed by atoms with van der Waals surface area (Å²) >= 11 is 0. The van der Waals surface area contributed by atoms with E-state index in [1.807, 2.05) is 11.6 Å². The van der Waals surface area contributed by atoms with E-state index in [1.54, 1.807) is 0 Å². The van der Waals surface area contributed by atoms with Gasteiger partial charge in [0.25, 0.3) is 0 Å². The molecule has 2 rings (SSSR count). The number of anilines is 2. The van der Waals surface area contributed by atoms with Gasteiger partial charge in [-0.2, -0.15) is 5.10 Å². The highest BCUT2D eigenvalue weighted by Gasteiger charge is 2.15. The quantitative estimate of drug-likeness (QED) is 0.762. The lowest BCUT2D eigenvalue weighted by Gasteiger charge is -2.11. The van der Waals surface area contributed by atoms with Crippen molar-refractivity contribution in [1.82, 2.24) is 9.78 Å². The van der Waals surface area contributed by atoms with Crippen LogP contribution in [0.3, 0.4) is 0 Å². The molecular weight excluding hydrogens is 224 g/mol. The lowest BCUT2D eigenvalue weighted by Crippen LogP contribution is -2.10. The van der Waals surface area contributed by atoms with Crippen molar-refractivity contribution in [2.45, 2.75) is 58.9 Å². The first-order valence-corrected chi connectivity index (χ1v) is 7.29. The van der Waals surface area contributed by atoms with Gasteiger partial charge < -0.3 is 11.1 Å². The summed E-state index contributed by atoms with van der Waals surface area (Å²) in [5, 5.41) is 7.87. The van der Waals surface area contributed by atoms with Gasteiger partial charge in [0.2, 0.25) is 0 Å². The van der Waals surface area contributed by atoms with Crippen LogP contribution in [0.4, 0.5) is 11.5 Å². The summed E-state index contributed by atoms with van der Waals surface area (Å²) < 4.78 is 1.96. The van der Waals surface area contributed by atoms with Crippen molar-refractivity contribution in [1.29, 1.82) is 0 Å². The molecule has 102 valence electrons.